The summed E-state index contributed by atoms with van der Waals surface area (Å²) in [6.45, 7) is 5.50. The van der Waals surface area contributed by atoms with E-state index in [9.17, 15) is 4.79 Å². The maximum atomic E-state index is 12.1. The zero-order chi connectivity index (χ0) is 14.1. The van der Waals surface area contributed by atoms with E-state index in [4.69, 9.17) is 5.26 Å². The van der Waals surface area contributed by atoms with Gasteiger partial charge in [-0.3, -0.25) is 4.79 Å². The maximum Gasteiger partial charge on any atom is 0.222 e. The lowest BCUT2D eigenvalue weighted by Gasteiger charge is -2.23. The molecule has 0 aliphatic rings. The third kappa shape index (κ3) is 6.40. The summed E-state index contributed by atoms with van der Waals surface area (Å²) < 4.78 is 0. The van der Waals surface area contributed by atoms with Crippen LogP contribution in [0.15, 0.2) is 17.5 Å². The lowest BCUT2D eigenvalue weighted by Crippen LogP contribution is -2.34. The predicted octanol–water partition coefficient (Wildman–Crippen LogP) is 3.47. The van der Waals surface area contributed by atoms with Crippen molar-refractivity contribution in [2.75, 3.05) is 13.1 Å². The van der Waals surface area contributed by atoms with Crippen LogP contribution in [0.3, 0.4) is 0 Å². The smallest absolute Gasteiger partial charge is 0.222 e. The highest BCUT2D eigenvalue weighted by Gasteiger charge is 2.14. The Balaban J connectivity index is 2.35. The molecule has 0 spiro atoms. The van der Waals surface area contributed by atoms with Gasteiger partial charge in [0.15, 0.2) is 0 Å². The van der Waals surface area contributed by atoms with E-state index in [0.29, 0.717) is 25.3 Å². The number of rotatable bonds is 8. The van der Waals surface area contributed by atoms with Crippen molar-refractivity contribution in [3.8, 4) is 6.07 Å². The first-order valence-electron chi connectivity index (χ1n) is 6.80. The van der Waals surface area contributed by atoms with Crippen LogP contribution in [0.1, 0.15) is 38.0 Å². The molecule has 0 aromatic carbocycles. The minimum Gasteiger partial charge on any atom is -0.341 e. The maximum absolute atomic E-state index is 12.1. The molecule has 0 bridgehead atoms. The van der Waals surface area contributed by atoms with Crippen molar-refractivity contribution in [2.24, 2.45) is 5.92 Å². The zero-order valence-corrected chi connectivity index (χ0v) is 12.6. The Morgan fingerprint density at radius 2 is 2.32 bits per heavy atom. The van der Waals surface area contributed by atoms with Gasteiger partial charge in [-0.25, -0.2) is 0 Å². The largest absolute Gasteiger partial charge is 0.341 e. The Kier molecular flexibility index (Phi) is 7.20. The average Bonchev–Trinajstić information content (AvgIpc) is 2.87. The monoisotopic (exact) mass is 278 g/mol. The molecule has 1 heterocycles. The summed E-state index contributed by atoms with van der Waals surface area (Å²) in [5, 5.41) is 10.7. The number of carbonyl (C=O) groups excluding carboxylic acids is 1. The van der Waals surface area contributed by atoms with Crippen LogP contribution in [0.4, 0.5) is 0 Å². The molecular weight excluding hydrogens is 256 g/mol. The van der Waals surface area contributed by atoms with Crippen molar-refractivity contribution in [3.63, 3.8) is 0 Å². The van der Waals surface area contributed by atoms with Crippen molar-refractivity contribution in [3.05, 3.63) is 22.4 Å². The van der Waals surface area contributed by atoms with Gasteiger partial charge in [-0.05, 0) is 30.2 Å². The standard InChI is InChI=1S/C15H22N2OS/c1-13(2)12-17(10-5-9-16)15(18)8-3-6-14-7-4-11-19-14/h4,7,11,13H,3,5-6,8,10,12H2,1-2H3. The van der Waals surface area contributed by atoms with Crippen LogP contribution in [0, 0.1) is 17.2 Å². The molecule has 3 nitrogen and oxygen atoms in total. The highest BCUT2D eigenvalue weighted by atomic mass is 32.1. The molecule has 0 atom stereocenters. The van der Waals surface area contributed by atoms with E-state index in [1.165, 1.54) is 4.88 Å². The molecule has 0 radical (unpaired) electrons. The minimum atomic E-state index is 0.181. The van der Waals surface area contributed by atoms with Crippen molar-refractivity contribution in [1.29, 1.82) is 5.26 Å². The molecule has 0 aliphatic heterocycles. The molecule has 0 saturated heterocycles. The number of aryl methyl sites for hydroxylation is 1. The normalized spacial score (nSPS) is 10.4. The molecule has 0 N–H and O–H groups in total. The summed E-state index contributed by atoms with van der Waals surface area (Å²) >= 11 is 1.74. The number of nitrogens with zero attached hydrogens (tertiary/aromatic N) is 2. The number of hydrogen-bond acceptors (Lipinski definition) is 3. The topological polar surface area (TPSA) is 44.1 Å². The molecular formula is C15H22N2OS. The fourth-order valence-electron chi connectivity index (χ4n) is 1.97. The van der Waals surface area contributed by atoms with E-state index in [2.05, 4.69) is 31.4 Å². The summed E-state index contributed by atoms with van der Waals surface area (Å²) in [4.78, 5) is 15.3. The van der Waals surface area contributed by atoms with E-state index in [-0.39, 0.29) is 5.91 Å². The summed E-state index contributed by atoms with van der Waals surface area (Å²) in [7, 11) is 0. The van der Waals surface area contributed by atoms with Gasteiger partial charge >= 0.3 is 0 Å². The SMILES string of the molecule is CC(C)CN(CCC#N)C(=O)CCCc1cccs1. The van der Waals surface area contributed by atoms with Gasteiger partial charge in [-0.1, -0.05) is 19.9 Å². The van der Waals surface area contributed by atoms with Gasteiger partial charge in [0.2, 0.25) is 5.91 Å². The molecule has 19 heavy (non-hydrogen) atoms. The van der Waals surface area contributed by atoms with Crippen LogP contribution in [0.2, 0.25) is 0 Å². The molecule has 104 valence electrons. The van der Waals surface area contributed by atoms with Crippen LogP contribution in [0.25, 0.3) is 0 Å². The average molecular weight is 278 g/mol. The number of amides is 1. The quantitative estimate of drug-likeness (QED) is 0.731. The molecule has 1 amide bonds. The zero-order valence-electron chi connectivity index (χ0n) is 11.8. The van der Waals surface area contributed by atoms with Gasteiger partial charge in [0.05, 0.1) is 12.5 Å². The minimum absolute atomic E-state index is 0.181. The first-order valence-corrected chi connectivity index (χ1v) is 7.68. The second kappa shape index (κ2) is 8.71. The Morgan fingerprint density at radius 3 is 2.89 bits per heavy atom. The first kappa shape index (κ1) is 15.7. The van der Waals surface area contributed by atoms with Gasteiger partial charge in [-0.15, -0.1) is 11.3 Å². The summed E-state index contributed by atoms with van der Waals surface area (Å²) in [6, 6.07) is 6.26. The molecule has 4 heteroatoms. The van der Waals surface area contributed by atoms with Gasteiger partial charge in [-0.2, -0.15) is 5.26 Å². The van der Waals surface area contributed by atoms with Gasteiger partial charge in [0.25, 0.3) is 0 Å². The van der Waals surface area contributed by atoms with Crippen molar-refractivity contribution < 1.29 is 4.79 Å². The summed E-state index contributed by atoms with van der Waals surface area (Å²) in [6.07, 6.45) is 2.86. The molecule has 1 rings (SSSR count). The summed E-state index contributed by atoms with van der Waals surface area (Å²) in [5.74, 6) is 0.625. The van der Waals surface area contributed by atoms with Crippen LogP contribution < -0.4 is 0 Å². The van der Waals surface area contributed by atoms with E-state index in [1.807, 2.05) is 11.0 Å². The lowest BCUT2D eigenvalue weighted by molar-refractivity contribution is -0.131. The third-order valence-electron chi connectivity index (χ3n) is 2.83. The van der Waals surface area contributed by atoms with E-state index in [0.717, 1.165) is 19.4 Å². The van der Waals surface area contributed by atoms with Crippen molar-refractivity contribution >= 4 is 17.2 Å². The predicted molar refractivity (Wildman–Crippen MR) is 78.9 cm³/mol. The number of nitriles is 1. The third-order valence-corrected chi connectivity index (χ3v) is 3.76. The highest BCUT2D eigenvalue weighted by molar-refractivity contribution is 7.09. The second-order valence-electron chi connectivity index (χ2n) is 5.07. The number of carbonyl (C=O) groups is 1. The highest BCUT2D eigenvalue weighted by Crippen LogP contribution is 2.13. The number of hydrogen-bond donors (Lipinski definition) is 0. The van der Waals surface area contributed by atoms with E-state index in [1.54, 1.807) is 11.3 Å². The van der Waals surface area contributed by atoms with Gasteiger partial charge in [0.1, 0.15) is 0 Å². The van der Waals surface area contributed by atoms with Gasteiger partial charge in [0, 0.05) is 24.4 Å². The second-order valence-corrected chi connectivity index (χ2v) is 6.11. The summed E-state index contributed by atoms with van der Waals surface area (Å²) in [5.41, 5.74) is 0. The molecule has 1 aromatic rings. The van der Waals surface area contributed by atoms with Crippen LogP contribution >= 0.6 is 11.3 Å². The van der Waals surface area contributed by atoms with E-state index >= 15 is 0 Å². The fourth-order valence-corrected chi connectivity index (χ4v) is 2.72. The lowest BCUT2D eigenvalue weighted by atomic mass is 10.1. The van der Waals surface area contributed by atoms with Crippen molar-refractivity contribution in [1.82, 2.24) is 4.90 Å². The Hall–Kier alpha value is -1.34. The van der Waals surface area contributed by atoms with Crippen LogP contribution in [0.5, 0.6) is 0 Å². The first-order chi connectivity index (χ1) is 9.13. The fraction of sp³-hybridized carbons (Fsp3) is 0.600. The molecule has 1 aromatic heterocycles. The molecule has 0 saturated carbocycles. The molecule has 0 unspecified atom stereocenters. The van der Waals surface area contributed by atoms with E-state index < -0.39 is 0 Å². The molecule has 0 aliphatic carbocycles. The Labute approximate surface area is 119 Å². The van der Waals surface area contributed by atoms with Crippen LogP contribution in [-0.4, -0.2) is 23.9 Å². The number of thiophene rings is 1. The van der Waals surface area contributed by atoms with Crippen LogP contribution in [-0.2, 0) is 11.2 Å². The van der Waals surface area contributed by atoms with Crippen molar-refractivity contribution in [2.45, 2.75) is 39.5 Å². The Bertz CT molecular complexity index is 406. The Morgan fingerprint density at radius 1 is 1.53 bits per heavy atom. The van der Waals surface area contributed by atoms with Gasteiger partial charge < -0.3 is 4.90 Å². The molecule has 0 fully saturated rings.